The predicted octanol–water partition coefficient (Wildman–Crippen LogP) is 4.66. The maximum atomic E-state index is 12.6. The molecule has 2 aromatic rings. The van der Waals surface area contributed by atoms with E-state index in [1.807, 2.05) is 18.2 Å². The summed E-state index contributed by atoms with van der Waals surface area (Å²) >= 11 is 13.4. The quantitative estimate of drug-likeness (QED) is 0.838. The predicted molar refractivity (Wildman–Crippen MR) is 96.0 cm³/mol. The second kappa shape index (κ2) is 7.13. The van der Waals surface area contributed by atoms with Crippen molar-refractivity contribution in [2.45, 2.75) is 12.8 Å². The van der Waals surface area contributed by atoms with Gasteiger partial charge in [0.05, 0.1) is 10.8 Å². The van der Waals surface area contributed by atoms with Crippen LogP contribution in [0.25, 0.3) is 10.4 Å². The molecule has 3 rings (SSSR count). The van der Waals surface area contributed by atoms with Gasteiger partial charge in [0.15, 0.2) is 0 Å². The largest absolute Gasteiger partial charge is 0.481 e. The van der Waals surface area contributed by atoms with Gasteiger partial charge in [0.1, 0.15) is 0 Å². The minimum Gasteiger partial charge on any atom is -0.481 e. The fraction of sp³-hybridized carbons (Fsp3) is 0.294. The second-order valence-electron chi connectivity index (χ2n) is 5.73. The Labute approximate surface area is 153 Å². The molecule has 1 amide bonds. The summed E-state index contributed by atoms with van der Waals surface area (Å²) in [6.45, 7) is 0.956. The van der Waals surface area contributed by atoms with E-state index in [-0.39, 0.29) is 11.8 Å². The van der Waals surface area contributed by atoms with E-state index in [9.17, 15) is 9.59 Å². The van der Waals surface area contributed by atoms with Crippen molar-refractivity contribution >= 4 is 46.4 Å². The third-order valence-electron chi connectivity index (χ3n) is 4.10. The van der Waals surface area contributed by atoms with E-state index in [1.54, 1.807) is 17.0 Å². The molecule has 126 valence electrons. The number of hydrogen-bond donors (Lipinski definition) is 1. The standard InChI is InChI=1S/C17H15Cl2NO3S/c18-12-7-11(8-13(19)9-12)14-1-2-15(24-14)16(21)20-5-3-10(4-6-20)17(22)23/h1-2,7-10H,3-6H2,(H,22,23). The van der Waals surface area contributed by atoms with E-state index >= 15 is 0 Å². The molecule has 0 unspecified atom stereocenters. The Hall–Kier alpha value is -1.56. The number of amides is 1. The lowest BCUT2D eigenvalue weighted by atomic mass is 9.97. The lowest BCUT2D eigenvalue weighted by molar-refractivity contribution is -0.143. The van der Waals surface area contributed by atoms with Crippen LogP contribution in [0.4, 0.5) is 0 Å². The number of halogens is 2. The molecule has 1 fully saturated rings. The van der Waals surface area contributed by atoms with Gasteiger partial charge in [-0.05, 0) is 48.7 Å². The van der Waals surface area contributed by atoms with Crippen LogP contribution in [0.1, 0.15) is 22.5 Å². The minimum absolute atomic E-state index is 0.0526. The van der Waals surface area contributed by atoms with Crippen molar-refractivity contribution < 1.29 is 14.7 Å². The molecule has 1 N–H and O–H groups in total. The summed E-state index contributed by atoms with van der Waals surface area (Å²) in [5.74, 6) is -1.18. The SMILES string of the molecule is O=C(O)C1CCN(C(=O)c2ccc(-c3cc(Cl)cc(Cl)c3)s2)CC1. The van der Waals surface area contributed by atoms with Gasteiger partial charge in [0, 0.05) is 28.0 Å². The van der Waals surface area contributed by atoms with Crippen molar-refractivity contribution in [3.8, 4) is 10.4 Å². The molecule has 0 bridgehead atoms. The fourth-order valence-corrected chi connectivity index (χ4v) is 4.28. The van der Waals surface area contributed by atoms with Gasteiger partial charge in [0.2, 0.25) is 0 Å². The van der Waals surface area contributed by atoms with Gasteiger partial charge in [-0.2, -0.15) is 0 Å². The molecule has 1 aliphatic rings. The maximum Gasteiger partial charge on any atom is 0.306 e. The average molecular weight is 384 g/mol. The number of carbonyl (C=O) groups excluding carboxylic acids is 1. The molecule has 24 heavy (non-hydrogen) atoms. The highest BCUT2D eigenvalue weighted by Crippen LogP contribution is 2.33. The van der Waals surface area contributed by atoms with Gasteiger partial charge in [-0.3, -0.25) is 9.59 Å². The third kappa shape index (κ3) is 3.74. The number of hydrogen-bond acceptors (Lipinski definition) is 3. The van der Waals surface area contributed by atoms with Gasteiger partial charge in [-0.1, -0.05) is 23.2 Å². The Bertz CT molecular complexity index is 762. The van der Waals surface area contributed by atoms with Crippen molar-refractivity contribution in [1.29, 1.82) is 0 Å². The Balaban J connectivity index is 1.73. The van der Waals surface area contributed by atoms with Crippen LogP contribution in [0.3, 0.4) is 0 Å². The molecule has 1 aromatic heterocycles. The summed E-state index contributed by atoms with van der Waals surface area (Å²) in [6, 6.07) is 8.96. The number of likely N-dealkylation sites (tertiary alicyclic amines) is 1. The third-order valence-corrected chi connectivity index (χ3v) is 5.65. The van der Waals surface area contributed by atoms with Gasteiger partial charge in [-0.25, -0.2) is 0 Å². The van der Waals surface area contributed by atoms with E-state index in [0.717, 1.165) is 10.4 Å². The molecule has 1 aliphatic heterocycles. The van der Waals surface area contributed by atoms with Crippen LogP contribution in [0.5, 0.6) is 0 Å². The number of nitrogens with zero attached hydrogens (tertiary/aromatic N) is 1. The molecule has 0 radical (unpaired) electrons. The first kappa shape index (κ1) is 17.3. The molecule has 1 saturated heterocycles. The summed E-state index contributed by atoms with van der Waals surface area (Å²) in [7, 11) is 0. The Morgan fingerprint density at radius 2 is 1.71 bits per heavy atom. The summed E-state index contributed by atoms with van der Waals surface area (Å²) in [6.07, 6.45) is 1.01. The van der Waals surface area contributed by atoms with Crippen molar-refractivity contribution in [1.82, 2.24) is 4.90 Å². The number of aliphatic carboxylic acids is 1. The number of rotatable bonds is 3. The monoisotopic (exact) mass is 383 g/mol. The van der Waals surface area contributed by atoms with E-state index in [0.29, 0.717) is 40.9 Å². The molecular weight excluding hydrogens is 369 g/mol. The minimum atomic E-state index is -0.779. The summed E-state index contributed by atoms with van der Waals surface area (Å²) in [5.41, 5.74) is 0.876. The molecule has 7 heteroatoms. The highest BCUT2D eigenvalue weighted by molar-refractivity contribution is 7.17. The lowest BCUT2D eigenvalue weighted by Gasteiger charge is -2.29. The van der Waals surface area contributed by atoms with E-state index in [4.69, 9.17) is 28.3 Å². The van der Waals surface area contributed by atoms with Crippen LogP contribution < -0.4 is 0 Å². The number of thiophene rings is 1. The van der Waals surface area contributed by atoms with Crippen LogP contribution >= 0.6 is 34.5 Å². The normalized spacial score (nSPS) is 15.5. The number of piperidine rings is 1. The number of carbonyl (C=O) groups is 2. The zero-order valence-corrected chi connectivity index (χ0v) is 15.0. The zero-order valence-electron chi connectivity index (χ0n) is 12.7. The Kier molecular flexibility index (Phi) is 5.13. The molecule has 1 aromatic carbocycles. The number of benzene rings is 1. The molecule has 0 spiro atoms. The van der Waals surface area contributed by atoms with Crippen molar-refractivity contribution in [3.63, 3.8) is 0 Å². The Morgan fingerprint density at radius 3 is 2.29 bits per heavy atom. The topological polar surface area (TPSA) is 57.6 Å². The highest BCUT2D eigenvalue weighted by Gasteiger charge is 2.28. The van der Waals surface area contributed by atoms with Crippen molar-refractivity contribution in [2.75, 3.05) is 13.1 Å². The first-order valence-electron chi connectivity index (χ1n) is 7.52. The molecule has 0 atom stereocenters. The number of carboxylic acid groups (broad SMARTS) is 1. The first-order chi connectivity index (χ1) is 11.4. The Morgan fingerprint density at radius 1 is 1.08 bits per heavy atom. The van der Waals surface area contributed by atoms with Crippen LogP contribution in [0.15, 0.2) is 30.3 Å². The molecule has 4 nitrogen and oxygen atoms in total. The average Bonchev–Trinajstić information content (AvgIpc) is 3.03. The molecular formula is C17H15Cl2NO3S. The molecule has 0 aliphatic carbocycles. The molecule has 0 saturated carbocycles. The lowest BCUT2D eigenvalue weighted by Crippen LogP contribution is -2.39. The fourth-order valence-electron chi connectivity index (χ4n) is 2.79. The van der Waals surface area contributed by atoms with Gasteiger partial charge >= 0.3 is 5.97 Å². The number of carboxylic acids is 1. The van der Waals surface area contributed by atoms with Gasteiger partial charge in [0.25, 0.3) is 5.91 Å². The zero-order chi connectivity index (χ0) is 17.3. The first-order valence-corrected chi connectivity index (χ1v) is 9.09. The van der Waals surface area contributed by atoms with Crippen LogP contribution in [0, 0.1) is 5.92 Å². The van der Waals surface area contributed by atoms with Crippen molar-refractivity contribution in [3.05, 3.63) is 45.3 Å². The molecule has 2 heterocycles. The van der Waals surface area contributed by atoms with Gasteiger partial charge in [-0.15, -0.1) is 11.3 Å². The van der Waals surface area contributed by atoms with Crippen LogP contribution in [-0.4, -0.2) is 35.0 Å². The highest BCUT2D eigenvalue weighted by atomic mass is 35.5. The second-order valence-corrected chi connectivity index (χ2v) is 7.68. The maximum absolute atomic E-state index is 12.6. The summed E-state index contributed by atoms with van der Waals surface area (Å²) < 4.78 is 0. The van der Waals surface area contributed by atoms with E-state index in [2.05, 4.69) is 0 Å². The van der Waals surface area contributed by atoms with Crippen LogP contribution in [-0.2, 0) is 4.79 Å². The smallest absolute Gasteiger partial charge is 0.306 e. The van der Waals surface area contributed by atoms with Crippen molar-refractivity contribution in [2.24, 2.45) is 5.92 Å². The van der Waals surface area contributed by atoms with E-state index < -0.39 is 5.97 Å². The van der Waals surface area contributed by atoms with Crippen LogP contribution in [0.2, 0.25) is 10.0 Å². The summed E-state index contributed by atoms with van der Waals surface area (Å²) in [5, 5.41) is 10.1. The summed E-state index contributed by atoms with van der Waals surface area (Å²) in [4.78, 5) is 26.9. The van der Waals surface area contributed by atoms with Gasteiger partial charge < -0.3 is 10.0 Å². The van der Waals surface area contributed by atoms with E-state index in [1.165, 1.54) is 11.3 Å².